The first-order chi connectivity index (χ1) is 9.06. The van der Waals surface area contributed by atoms with Gasteiger partial charge >= 0.3 is 0 Å². The first-order valence-electron chi connectivity index (χ1n) is 5.95. The van der Waals surface area contributed by atoms with E-state index in [1.165, 1.54) is 0 Å². The lowest BCUT2D eigenvalue weighted by molar-refractivity contribution is 0.0823. The maximum Gasteiger partial charge on any atom is 0.127 e. The topological polar surface area (TPSA) is 32.3 Å². The van der Waals surface area contributed by atoms with Gasteiger partial charge in [0, 0.05) is 16.0 Å². The van der Waals surface area contributed by atoms with Crippen LogP contribution in [0.15, 0.2) is 53.0 Å². The van der Waals surface area contributed by atoms with Gasteiger partial charge in [-0.1, -0.05) is 51.8 Å². The highest BCUT2D eigenvalue weighted by atomic mass is 79.9. The van der Waals surface area contributed by atoms with Crippen molar-refractivity contribution in [2.45, 2.75) is 5.60 Å². The lowest BCUT2D eigenvalue weighted by Crippen LogP contribution is -2.37. The second-order valence-electron chi connectivity index (χ2n) is 4.40. The summed E-state index contributed by atoms with van der Waals surface area (Å²) in [5, 5.41) is 14.7. The highest BCUT2D eigenvalue weighted by molar-refractivity contribution is 9.10. The summed E-state index contributed by atoms with van der Waals surface area (Å²) >= 11 is 9.30. The highest BCUT2D eigenvalue weighted by Crippen LogP contribution is 2.30. The molecule has 0 radical (unpaired) electrons. The van der Waals surface area contributed by atoms with E-state index in [2.05, 4.69) is 21.2 Å². The van der Waals surface area contributed by atoms with Crippen LogP contribution in [0.25, 0.3) is 0 Å². The molecule has 100 valence electrons. The fraction of sp³-hybridized carbons (Fsp3) is 0.200. The summed E-state index contributed by atoms with van der Waals surface area (Å²) in [6.45, 7) is 0.427. The second kappa shape index (κ2) is 6.06. The third-order valence-electron chi connectivity index (χ3n) is 3.08. The van der Waals surface area contributed by atoms with Crippen molar-refractivity contribution in [3.63, 3.8) is 0 Å². The van der Waals surface area contributed by atoms with Gasteiger partial charge in [-0.3, -0.25) is 0 Å². The average molecular weight is 341 g/mol. The van der Waals surface area contributed by atoms with Gasteiger partial charge in [-0.25, -0.2) is 0 Å². The minimum absolute atomic E-state index is 0.427. The number of nitrogens with one attached hydrogen (secondary N) is 1. The number of halogens is 2. The molecule has 0 bridgehead atoms. The molecule has 0 aliphatic rings. The van der Waals surface area contributed by atoms with Crippen molar-refractivity contribution in [3.05, 3.63) is 69.2 Å². The average Bonchev–Trinajstić information content (AvgIpc) is 2.40. The minimum Gasteiger partial charge on any atom is -0.379 e. The molecule has 0 amide bonds. The molecule has 0 aromatic heterocycles. The second-order valence-corrected chi connectivity index (χ2v) is 5.76. The maximum absolute atomic E-state index is 11.0. The summed E-state index contributed by atoms with van der Waals surface area (Å²) < 4.78 is 0.985. The number of benzene rings is 2. The third kappa shape index (κ3) is 3.18. The SMILES string of the molecule is CNCC(O)(c1ccc(Cl)cc1)c1ccc(Br)cc1. The predicted molar refractivity (Wildman–Crippen MR) is 82.5 cm³/mol. The van der Waals surface area contributed by atoms with Gasteiger partial charge in [-0.05, 0) is 42.4 Å². The quantitative estimate of drug-likeness (QED) is 0.892. The van der Waals surface area contributed by atoms with E-state index in [1.54, 1.807) is 12.1 Å². The minimum atomic E-state index is -1.07. The number of hydrogen-bond acceptors (Lipinski definition) is 2. The van der Waals surface area contributed by atoms with Crippen LogP contribution in [0.2, 0.25) is 5.02 Å². The number of likely N-dealkylation sites (N-methyl/N-ethyl adjacent to an activating group) is 1. The van der Waals surface area contributed by atoms with E-state index >= 15 is 0 Å². The Balaban J connectivity index is 2.47. The summed E-state index contributed by atoms with van der Waals surface area (Å²) in [6.07, 6.45) is 0. The zero-order chi connectivity index (χ0) is 13.9. The van der Waals surface area contributed by atoms with Crippen molar-refractivity contribution in [3.8, 4) is 0 Å². The Kier molecular flexibility index (Phi) is 4.63. The Bertz CT molecular complexity index is 494. The van der Waals surface area contributed by atoms with Crippen LogP contribution in [0.4, 0.5) is 0 Å². The molecule has 0 fully saturated rings. The standard InChI is InChI=1S/C15H15BrClNO/c1-18-10-15(19,11-2-6-13(16)7-3-11)12-4-8-14(17)9-5-12/h2-9,18-19H,10H2,1H3. The van der Waals surface area contributed by atoms with Crippen LogP contribution >= 0.6 is 27.5 Å². The zero-order valence-electron chi connectivity index (χ0n) is 10.5. The monoisotopic (exact) mass is 339 g/mol. The third-order valence-corrected chi connectivity index (χ3v) is 3.86. The molecule has 0 spiro atoms. The van der Waals surface area contributed by atoms with Gasteiger partial charge < -0.3 is 10.4 Å². The molecule has 2 rings (SSSR count). The molecule has 19 heavy (non-hydrogen) atoms. The van der Waals surface area contributed by atoms with Gasteiger partial charge in [-0.2, -0.15) is 0 Å². The van der Waals surface area contributed by atoms with E-state index < -0.39 is 5.60 Å². The summed E-state index contributed by atoms with van der Waals surface area (Å²) in [7, 11) is 1.82. The van der Waals surface area contributed by atoms with E-state index in [4.69, 9.17) is 11.6 Å². The molecule has 2 aromatic rings. The van der Waals surface area contributed by atoms with E-state index in [0.717, 1.165) is 15.6 Å². The van der Waals surface area contributed by atoms with E-state index in [1.807, 2.05) is 43.4 Å². The molecular weight excluding hydrogens is 326 g/mol. The lowest BCUT2D eigenvalue weighted by atomic mass is 9.86. The van der Waals surface area contributed by atoms with Gasteiger partial charge in [0.15, 0.2) is 0 Å². The van der Waals surface area contributed by atoms with Crippen LogP contribution in [0, 0.1) is 0 Å². The smallest absolute Gasteiger partial charge is 0.127 e. The van der Waals surface area contributed by atoms with E-state index in [0.29, 0.717) is 11.6 Å². The molecule has 4 heteroatoms. The molecular formula is C15H15BrClNO. The first-order valence-corrected chi connectivity index (χ1v) is 7.12. The Labute approximate surface area is 126 Å². The molecule has 1 unspecified atom stereocenters. The van der Waals surface area contributed by atoms with Gasteiger partial charge in [0.05, 0.1) is 0 Å². The van der Waals surface area contributed by atoms with Crippen molar-refractivity contribution in [1.29, 1.82) is 0 Å². The van der Waals surface area contributed by atoms with E-state index in [-0.39, 0.29) is 0 Å². The van der Waals surface area contributed by atoms with Gasteiger partial charge in [0.2, 0.25) is 0 Å². The molecule has 2 nitrogen and oxygen atoms in total. The first kappa shape index (κ1) is 14.5. The normalized spacial score (nSPS) is 14.1. The number of rotatable bonds is 4. The number of hydrogen-bond donors (Lipinski definition) is 2. The van der Waals surface area contributed by atoms with Crippen LogP contribution in [-0.4, -0.2) is 18.7 Å². The molecule has 0 heterocycles. The van der Waals surface area contributed by atoms with Crippen molar-refractivity contribution in [2.24, 2.45) is 0 Å². The van der Waals surface area contributed by atoms with E-state index in [9.17, 15) is 5.11 Å². The van der Waals surface area contributed by atoms with Crippen molar-refractivity contribution >= 4 is 27.5 Å². The fourth-order valence-corrected chi connectivity index (χ4v) is 2.47. The Hall–Kier alpha value is -0.870. The van der Waals surface area contributed by atoms with Crippen LogP contribution in [0.5, 0.6) is 0 Å². The summed E-state index contributed by atoms with van der Waals surface area (Å²) in [5.41, 5.74) is 0.584. The van der Waals surface area contributed by atoms with Crippen LogP contribution in [-0.2, 0) is 5.60 Å². The molecule has 0 aliphatic heterocycles. The fourth-order valence-electron chi connectivity index (χ4n) is 2.08. The highest BCUT2D eigenvalue weighted by Gasteiger charge is 2.30. The van der Waals surface area contributed by atoms with Crippen molar-refractivity contribution in [2.75, 3.05) is 13.6 Å². The Morgan fingerprint density at radius 2 is 1.53 bits per heavy atom. The van der Waals surface area contributed by atoms with Gasteiger partial charge in [-0.15, -0.1) is 0 Å². The van der Waals surface area contributed by atoms with Crippen molar-refractivity contribution in [1.82, 2.24) is 5.32 Å². The summed E-state index contributed by atoms with van der Waals surface area (Å²) in [4.78, 5) is 0. The summed E-state index contributed by atoms with van der Waals surface area (Å²) in [5.74, 6) is 0. The molecule has 0 saturated heterocycles. The summed E-state index contributed by atoms with van der Waals surface area (Å²) in [6, 6.07) is 14.9. The molecule has 1 atom stereocenters. The Morgan fingerprint density at radius 1 is 1.05 bits per heavy atom. The molecule has 2 aromatic carbocycles. The molecule has 0 aliphatic carbocycles. The number of aliphatic hydroxyl groups is 1. The maximum atomic E-state index is 11.0. The predicted octanol–water partition coefficient (Wildman–Crippen LogP) is 3.56. The Morgan fingerprint density at radius 3 is 2.00 bits per heavy atom. The molecule has 2 N–H and O–H groups in total. The zero-order valence-corrected chi connectivity index (χ0v) is 12.9. The lowest BCUT2D eigenvalue weighted by Gasteiger charge is -2.29. The van der Waals surface area contributed by atoms with Crippen LogP contribution < -0.4 is 5.32 Å². The van der Waals surface area contributed by atoms with Crippen molar-refractivity contribution < 1.29 is 5.11 Å². The van der Waals surface area contributed by atoms with Gasteiger partial charge in [0.1, 0.15) is 5.60 Å². The van der Waals surface area contributed by atoms with Crippen LogP contribution in [0.3, 0.4) is 0 Å². The van der Waals surface area contributed by atoms with Crippen LogP contribution in [0.1, 0.15) is 11.1 Å². The molecule has 0 saturated carbocycles. The largest absolute Gasteiger partial charge is 0.379 e. The van der Waals surface area contributed by atoms with Gasteiger partial charge in [0.25, 0.3) is 0 Å².